The summed E-state index contributed by atoms with van der Waals surface area (Å²) < 4.78 is 5.23. The van der Waals surface area contributed by atoms with Crippen molar-refractivity contribution in [1.82, 2.24) is 14.9 Å². The summed E-state index contributed by atoms with van der Waals surface area (Å²) in [6.45, 7) is 3.82. The number of Topliss-reactive ketones (excluding diaryl/α,β-unsaturated/α-hetero) is 1. The molecule has 1 atom stereocenters. The Balaban J connectivity index is 1.42. The molecule has 0 spiro atoms. The molecule has 1 unspecified atom stereocenters. The lowest BCUT2D eigenvalue weighted by atomic mass is 10.2. The smallest absolute Gasteiger partial charge is 0.307 e. The van der Waals surface area contributed by atoms with Crippen molar-refractivity contribution in [2.24, 2.45) is 0 Å². The van der Waals surface area contributed by atoms with Gasteiger partial charge >= 0.3 is 5.97 Å². The van der Waals surface area contributed by atoms with Crippen molar-refractivity contribution in [3.05, 3.63) is 40.8 Å². The third kappa shape index (κ3) is 5.13. The first kappa shape index (κ1) is 19.9. The molecule has 0 N–H and O–H groups in total. The van der Waals surface area contributed by atoms with E-state index in [1.165, 1.54) is 11.3 Å². The number of thiophene rings is 1. The zero-order chi connectivity index (χ0) is 19.9. The van der Waals surface area contributed by atoms with Crippen molar-refractivity contribution in [3.8, 4) is 0 Å². The van der Waals surface area contributed by atoms with Gasteiger partial charge in [0.1, 0.15) is 0 Å². The maximum Gasteiger partial charge on any atom is 0.307 e. The summed E-state index contributed by atoms with van der Waals surface area (Å²) in [5, 5.41) is 1.82. The number of nitrogens with zero attached hydrogens (tertiary/aromatic N) is 4. The molecule has 9 heteroatoms. The molecule has 0 aliphatic carbocycles. The first-order chi connectivity index (χ1) is 13.5. The van der Waals surface area contributed by atoms with Gasteiger partial charge in [-0.3, -0.25) is 14.4 Å². The van der Waals surface area contributed by atoms with Crippen LogP contribution < -0.4 is 4.90 Å². The number of carbonyl (C=O) groups excluding carboxylic acids is 3. The van der Waals surface area contributed by atoms with Gasteiger partial charge in [0.05, 0.1) is 11.3 Å². The maximum atomic E-state index is 12.5. The molecule has 1 aliphatic rings. The third-order valence-corrected chi connectivity index (χ3v) is 5.35. The van der Waals surface area contributed by atoms with Crippen molar-refractivity contribution in [3.63, 3.8) is 0 Å². The van der Waals surface area contributed by atoms with Crippen LogP contribution in [0.1, 0.15) is 29.4 Å². The van der Waals surface area contributed by atoms with Gasteiger partial charge in [0.2, 0.25) is 5.95 Å². The lowest BCUT2D eigenvalue weighted by Crippen LogP contribution is -2.52. The lowest BCUT2D eigenvalue weighted by Gasteiger charge is -2.35. The van der Waals surface area contributed by atoms with Crippen LogP contribution in [0.25, 0.3) is 0 Å². The van der Waals surface area contributed by atoms with Gasteiger partial charge in [-0.1, -0.05) is 6.07 Å². The number of ether oxygens (including phenoxy) is 1. The summed E-state index contributed by atoms with van der Waals surface area (Å²) in [5.41, 5.74) is 0. The second-order valence-corrected chi connectivity index (χ2v) is 7.34. The molecule has 0 aromatic carbocycles. The standard InChI is InChI=1S/C19H22N4O4S/c1-14(27-17(25)6-5-15(24)16-4-2-13-28-16)18(26)22-9-11-23(12-10-22)19-20-7-3-8-21-19/h2-4,7-8,13-14H,5-6,9-12H2,1H3. The van der Waals surface area contributed by atoms with Crippen LogP contribution in [0.15, 0.2) is 36.0 Å². The van der Waals surface area contributed by atoms with Gasteiger partial charge in [-0.2, -0.15) is 0 Å². The highest BCUT2D eigenvalue weighted by Crippen LogP contribution is 2.14. The molecular formula is C19H22N4O4S. The molecule has 1 amide bonds. The normalized spacial score (nSPS) is 15.2. The van der Waals surface area contributed by atoms with E-state index in [0.29, 0.717) is 37.0 Å². The quantitative estimate of drug-likeness (QED) is 0.515. The van der Waals surface area contributed by atoms with E-state index >= 15 is 0 Å². The monoisotopic (exact) mass is 402 g/mol. The number of amides is 1. The number of ketones is 1. The second-order valence-electron chi connectivity index (χ2n) is 6.39. The van der Waals surface area contributed by atoms with E-state index in [2.05, 4.69) is 9.97 Å². The molecule has 1 saturated heterocycles. The van der Waals surface area contributed by atoms with Crippen LogP contribution in [0.3, 0.4) is 0 Å². The van der Waals surface area contributed by atoms with Gasteiger partial charge in [-0.15, -0.1) is 11.3 Å². The first-order valence-electron chi connectivity index (χ1n) is 9.11. The van der Waals surface area contributed by atoms with Gasteiger partial charge in [-0.25, -0.2) is 9.97 Å². The van der Waals surface area contributed by atoms with Gasteiger partial charge in [0.15, 0.2) is 11.9 Å². The summed E-state index contributed by atoms with van der Waals surface area (Å²) in [4.78, 5) is 49.2. The predicted molar refractivity (Wildman–Crippen MR) is 104 cm³/mol. The number of carbonyl (C=O) groups is 3. The van der Waals surface area contributed by atoms with Crippen molar-refractivity contribution < 1.29 is 19.1 Å². The van der Waals surface area contributed by atoms with Crippen LogP contribution in [0.4, 0.5) is 5.95 Å². The number of piperazine rings is 1. The van der Waals surface area contributed by atoms with E-state index in [1.807, 2.05) is 10.3 Å². The van der Waals surface area contributed by atoms with Crippen molar-refractivity contribution in [2.45, 2.75) is 25.9 Å². The molecule has 1 aliphatic heterocycles. The fraction of sp³-hybridized carbons (Fsp3) is 0.421. The summed E-state index contributed by atoms with van der Waals surface area (Å²) in [6, 6.07) is 5.28. The number of hydrogen-bond donors (Lipinski definition) is 0. The van der Waals surface area contributed by atoms with E-state index in [0.717, 1.165) is 0 Å². The average Bonchev–Trinajstić information content (AvgIpc) is 3.27. The van der Waals surface area contributed by atoms with Crippen LogP contribution in [0.5, 0.6) is 0 Å². The zero-order valence-corrected chi connectivity index (χ0v) is 16.4. The van der Waals surface area contributed by atoms with Crippen LogP contribution >= 0.6 is 11.3 Å². The predicted octanol–water partition coefficient (Wildman–Crippen LogP) is 1.78. The van der Waals surface area contributed by atoms with Crippen LogP contribution in [-0.4, -0.2) is 64.8 Å². The first-order valence-corrected chi connectivity index (χ1v) is 9.99. The Hall–Kier alpha value is -2.81. The Morgan fingerprint density at radius 3 is 2.46 bits per heavy atom. The number of esters is 1. The Morgan fingerprint density at radius 1 is 1.11 bits per heavy atom. The zero-order valence-electron chi connectivity index (χ0n) is 15.6. The summed E-state index contributed by atoms with van der Waals surface area (Å²) in [6.07, 6.45) is 2.54. The molecule has 2 aromatic heterocycles. The highest BCUT2D eigenvalue weighted by Gasteiger charge is 2.28. The molecule has 2 aromatic rings. The van der Waals surface area contributed by atoms with Crippen LogP contribution in [0.2, 0.25) is 0 Å². The van der Waals surface area contributed by atoms with E-state index in [-0.39, 0.29) is 24.5 Å². The largest absolute Gasteiger partial charge is 0.453 e. The lowest BCUT2D eigenvalue weighted by molar-refractivity contribution is -0.159. The summed E-state index contributed by atoms with van der Waals surface area (Å²) in [5.74, 6) is -0.219. The van der Waals surface area contributed by atoms with E-state index < -0.39 is 12.1 Å². The number of anilines is 1. The maximum absolute atomic E-state index is 12.5. The third-order valence-electron chi connectivity index (χ3n) is 4.43. The van der Waals surface area contributed by atoms with E-state index in [9.17, 15) is 14.4 Å². The Bertz CT molecular complexity index is 805. The minimum absolute atomic E-state index is 0.0342. The molecule has 1 fully saturated rings. The molecule has 0 radical (unpaired) electrons. The Kier molecular flexibility index (Phi) is 6.70. The van der Waals surface area contributed by atoms with Gasteiger partial charge in [0.25, 0.3) is 5.91 Å². The fourth-order valence-electron chi connectivity index (χ4n) is 2.92. The summed E-state index contributed by atoms with van der Waals surface area (Å²) in [7, 11) is 0. The topological polar surface area (TPSA) is 92.7 Å². The average molecular weight is 402 g/mol. The van der Waals surface area contributed by atoms with Gasteiger partial charge in [0, 0.05) is 45.0 Å². The molecule has 8 nitrogen and oxygen atoms in total. The van der Waals surface area contributed by atoms with E-state index in [1.54, 1.807) is 42.4 Å². The molecule has 3 heterocycles. The van der Waals surface area contributed by atoms with Crippen molar-refractivity contribution in [1.29, 1.82) is 0 Å². The second kappa shape index (κ2) is 9.41. The number of hydrogen-bond acceptors (Lipinski definition) is 8. The fourth-order valence-corrected chi connectivity index (χ4v) is 3.62. The highest BCUT2D eigenvalue weighted by molar-refractivity contribution is 7.12. The number of rotatable bonds is 7. The van der Waals surface area contributed by atoms with E-state index in [4.69, 9.17) is 4.74 Å². The SMILES string of the molecule is CC(OC(=O)CCC(=O)c1cccs1)C(=O)N1CCN(c2ncccn2)CC1. The Morgan fingerprint density at radius 2 is 1.82 bits per heavy atom. The van der Waals surface area contributed by atoms with Gasteiger partial charge in [-0.05, 0) is 24.4 Å². The number of aromatic nitrogens is 2. The van der Waals surface area contributed by atoms with Gasteiger partial charge < -0.3 is 14.5 Å². The molecule has 3 rings (SSSR count). The molecule has 0 bridgehead atoms. The minimum atomic E-state index is -0.871. The molecule has 148 valence electrons. The Labute approximate surface area is 167 Å². The molecule has 0 saturated carbocycles. The van der Waals surface area contributed by atoms with Crippen LogP contribution in [0, 0.1) is 0 Å². The van der Waals surface area contributed by atoms with Crippen molar-refractivity contribution in [2.75, 3.05) is 31.1 Å². The minimum Gasteiger partial charge on any atom is -0.453 e. The summed E-state index contributed by atoms with van der Waals surface area (Å²) >= 11 is 1.34. The molecule has 28 heavy (non-hydrogen) atoms. The van der Waals surface area contributed by atoms with Crippen molar-refractivity contribution >= 4 is 34.9 Å². The molecular weight excluding hydrogens is 380 g/mol. The highest BCUT2D eigenvalue weighted by atomic mass is 32.1. The van der Waals surface area contributed by atoms with Crippen LogP contribution in [-0.2, 0) is 14.3 Å².